The second kappa shape index (κ2) is 10.7. The van der Waals surface area contributed by atoms with E-state index in [1.807, 2.05) is 31.2 Å². The number of aromatic nitrogens is 1. The fraction of sp³-hybridized carbons (Fsp3) is 0.429. The van der Waals surface area contributed by atoms with Gasteiger partial charge in [0.25, 0.3) is 5.91 Å². The monoisotopic (exact) mass is 417 g/mol. The molecule has 0 aliphatic carbocycles. The van der Waals surface area contributed by atoms with Crippen molar-refractivity contribution in [1.82, 2.24) is 15.2 Å². The van der Waals surface area contributed by atoms with Gasteiger partial charge in [-0.1, -0.05) is 38.1 Å². The van der Waals surface area contributed by atoms with Crippen molar-refractivity contribution in [2.45, 2.75) is 33.6 Å². The fourth-order valence-corrected chi connectivity index (χ4v) is 3.48. The van der Waals surface area contributed by atoms with Gasteiger partial charge in [-0.3, -0.25) is 9.59 Å². The van der Waals surface area contributed by atoms with E-state index < -0.39 is 18.5 Å². The van der Waals surface area contributed by atoms with Gasteiger partial charge in [0.05, 0.1) is 12.2 Å². The predicted molar refractivity (Wildman–Crippen MR) is 113 cm³/mol. The molecule has 0 spiro atoms. The number of aryl methyl sites for hydroxylation is 2. The van der Waals surface area contributed by atoms with Crippen molar-refractivity contribution in [3.05, 3.63) is 40.4 Å². The lowest BCUT2D eigenvalue weighted by Gasteiger charge is -2.16. The average molecular weight is 418 g/mol. The molecule has 0 saturated heterocycles. The summed E-state index contributed by atoms with van der Waals surface area (Å²) in [6.07, 6.45) is 1.78. The Hall–Kier alpha value is -2.74. The molecule has 0 fully saturated rings. The van der Waals surface area contributed by atoms with E-state index in [9.17, 15) is 14.4 Å². The number of nitrogens with zero attached hydrogens (tertiary/aromatic N) is 2. The molecular formula is C21H27N3O4S. The van der Waals surface area contributed by atoms with Gasteiger partial charge in [0, 0.05) is 19.2 Å². The first-order chi connectivity index (χ1) is 13.8. The van der Waals surface area contributed by atoms with E-state index in [1.165, 1.54) is 28.8 Å². The van der Waals surface area contributed by atoms with Crippen molar-refractivity contribution < 1.29 is 19.1 Å². The topological polar surface area (TPSA) is 88.6 Å². The van der Waals surface area contributed by atoms with Crippen LogP contribution in [0.15, 0.2) is 24.3 Å². The summed E-state index contributed by atoms with van der Waals surface area (Å²) in [6, 6.07) is 8.03. The molecule has 156 valence electrons. The Morgan fingerprint density at radius 2 is 1.86 bits per heavy atom. The zero-order valence-electron chi connectivity index (χ0n) is 17.3. The van der Waals surface area contributed by atoms with Crippen LogP contribution in [0.2, 0.25) is 0 Å². The highest BCUT2D eigenvalue weighted by molar-refractivity contribution is 7.17. The Labute approximate surface area is 175 Å². The second-order valence-electron chi connectivity index (χ2n) is 6.66. The van der Waals surface area contributed by atoms with Crippen LogP contribution in [0.3, 0.4) is 0 Å². The first-order valence-corrected chi connectivity index (χ1v) is 10.4. The molecule has 0 aliphatic heterocycles. The molecule has 0 atom stereocenters. The Morgan fingerprint density at radius 3 is 2.48 bits per heavy atom. The van der Waals surface area contributed by atoms with Crippen LogP contribution in [0.25, 0.3) is 10.6 Å². The molecule has 0 unspecified atom stereocenters. The summed E-state index contributed by atoms with van der Waals surface area (Å²) >= 11 is 1.24. The first-order valence-electron chi connectivity index (χ1n) is 9.60. The molecule has 0 bridgehead atoms. The highest BCUT2D eigenvalue weighted by atomic mass is 32.1. The Bertz CT molecular complexity index is 861. The average Bonchev–Trinajstić information content (AvgIpc) is 3.11. The number of ether oxygens (including phenoxy) is 1. The lowest BCUT2D eigenvalue weighted by molar-refractivity contribution is -0.137. The largest absolute Gasteiger partial charge is 0.451 e. The van der Waals surface area contributed by atoms with Crippen LogP contribution >= 0.6 is 11.3 Å². The third-order valence-corrected chi connectivity index (χ3v) is 5.48. The Balaban J connectivity index is 1.94. The Morgan fingerprint density at radius 1 is 1.17 bits per heavy atom. The molecule has 1 aromatic heterocycles. The van der Waals surface area contributed by atoms with Crippen LogP contribution in [-0.4, -0.2) is 54.4 Å². The maximum absolute atomic E-state index is 12.4. The van der Waals surface area contributed by atoms with Gasteiger partial charge in [-0.05, 0) is 25.3 Å². The van der Waals surface area contributed by atoms with Gasteiger partial charge in [0.2, 0.25) is 5.91 Å². The molecule has 0 radical (unpaired) electrons. The van der Waals surface area contributed by atoms with Crippen LogP contribution in [0.1, 0.15) is 41.2 Å². The van der Waals surface area contributed by atoms with E-state index in [0.717, 1.165) is 23.4 Å². The third-order valence-electron chi connectivity index (χ3n) is 4.30. The summed E-state index contributed by atoms with van der Waals surface area (Å²) in [4.78, 5) is 42.3. The van der Waals surface area contributed by atoms with Gasteiger partial charge in [0.15, 0.2) is 6.61 Å². The van der Waals surface area contributed by atoms with Gasteiger partial charge < -0.3 is 15.0 Å². The molecule has 2 aromatic rings. The number of carbonyl (C=O) groups excluding carboxylic acids is 3. The van der Waals surface area contributed by atoms with Crippen LogP contribution in [0.5, 0.6) is 0 Å². The third kappa shape index (κ3) is 6.39. The van der Waals surface area contributed by atoms with E-state index >= 15 is 0 Å². The lowest BCUT2D eigenvalue weighted by Crippen LogP contribution is -2.40. The summed E-state index contributed by atoms with van der Waals surface area (Å²) in [5, 5.41) is 3.42. The zero-order chi connectivity index (χ0) is 21.4. The molecule has 7 nitrogen and oxygen atoms in total. The number of nitrogens with one attached hydrogen (secondary N) is 1. The number of likely N-dealkylation sites (N-methyl/N-ethyl adjacent to an activating group) is 1. The minimum Gasteiger partial charge on any atom is -0.451 e. The van der Waals surface area contributed by atoms with Crippen LogP contribution in [0.4, 0.5) is 0 Å². The molecule has 2 rings (SSSR count). The number of rotatable bonds is 9. The van der Waals surface area contributed by atoms with Crippen LogP contribution < -0.4 is 5.32 Å². The van der Waals surface area contributed by atoms with Gasteiger partial charge in [0.1, 0.15) is 9.88 Å². The maximum Gasteiger partial charge on any atom is 0.350 e. The normalized spacial score (nSPS) is 10.5. The number of benzene rings is 1. The standard InChI is InChI=1S/C21H27N3O4S/c1-5-11-22-17(25)12-24(4)18(26)13-28-21(27)19-14(3)23-20(29-19)16-9-7-15(6-2)8-10-16/h7-10H,5-6,11-13H2,1-4H3,(H,22,25). The summed E-state index contributed by atoms with van der Waals surface area (Å²) in [7, 11) is 1.50. The van der Waals surface area contributed by atoms with Gasteiger partial charge in [-0.15, -0.1) is 11.3 Å². The number of hydrogen-bond donors (Lipinski definition) is 1. The van der Waals surface area contributed by atoms with E-state index in [1.54, 1.807) is 6.92 Å². The van der Waals surface area contributed by atoms with Crippen molar-refractivity contribution in [2.24, 2.45) is 0 Å². The van der Waals surface area contributed by atoms with E-state index in [-0.39, 0.29) is 12.5 Å². The van der Waals surface area contributed by atoms with Gasteiger partial charge in [-0.2, -0.15) is 0 Å². The smallest absolute Gasteiger partial charge is 0.350 e. The van der Waals surface area contributed by atoms with Crippen LogP contribution in [-0.2, 0) is 20.7 Å². The molecule has 1 aromatic carbocycles. The number of carbonyl (C=O) groups is 3. The number of hydrogen-bond acceptors (Lipinski definition) is 6. The number of thiazole rings is 1. The minimum absolute atomic E-state index is 0.0755. The second-order valence-corrected chi connectivity index (χ2v) is 7.66. The van der Waals surface area contributed by atoms with Crippen LogP contribution in [0, 0.1) is 6.92 Å². The SMILES string of the molecule is CCCNC(=O)CN(C)C(=O)COC(=O)c1sc(-c2ccc(CC)cc2)nc1C. The number of esters is 1. The quantitative estimate of drug-likeness (QED) is 0.634. The minimum atomic E-state index is -0.589. The van der Waals surface area contributed by atoms with E-state index in [0.29, 0.717) is 17.1 Å². The molecule has 1 heterocycles. The lowest BCUT2D eigenvalue weighted by atomic mass is 10.1. The van der Waals surface area contributed by atoms with Crippen molar-refractivity contribution in [3.63, 3.8) is 0 Å². The zero-order valence-corrected chi connectivity index (χ0v) is 18.1. The molecule has 0 saturated carbocycles. The summed E-state index contributed by atoms with van der Waals surface area (Å²) in [6.45, 7) is 5.84. The van der Waals surface area contributed by atoms with Crippen molar-refractivity contribution >= 4 is 29.1 Å². The van der Waals surface area contributed by atoms with E-state index in [4.69, 9.17) is 4.74 Å². The number of amides is 2. The summed E-state index contributed by atoms with van der Waals surface area (Å²) < 4.78 is 5.15. The first kappa shape index (κ1) is 22.5. The van der Waals surface area contributed by atoms with E-state index in [2.05, 4.69) is 17.2 Å². The predicted octanol–water partition coefficient (Wildman–Crippen LogP) is 2.82. The maximum atomic E-state index is 12.4. The van der Waals surface area contributed by atoms with Crippen molar-refractivity contribution in [2.75, 3.05) is 26.7 Å². The Kier molecular flexibility index (Phi) is 8.33. The summed E-state index contributed by atoms with van der Waals surface area (Å²) in [5.74, 6) is -1.28. The molecule has 8 heteroatoms. The fourth-order valence-electron chi connectivity index (χ4n) is 2.52. The molecule has 1 N–H and O–H groups in total. The van der Waals surface area contributed by atoms with Crippen molar-refractivity contribution in [3.8, 4) is 10.6 Å². The molecular weight excluding hydrogens is 390 g/mol. The van der Waals surface area contributed by atoms with Crippen molar-refractivity contribution in [1.29, 1.82) is 0 Å². The highest BCUT2D eigenvalue weighted by Gasteiger charge is 2.20. The van der Waals surface area contributed by atoms with Gasteiger partial charge in [-0.25, -0.2) is 9.78 Å². The summed E-state index contributed by atoms with van der Waals surface area (Å²) in [5.41, 5.74) is 2.73. The molecule has 29 heavy (non-hydrogen) atoms. The molecule has 0 aliphatic rings. The molecule has 2 amide bonds. The highest BCUT2D eigenvalue weighted by Crippen LogP contribution is 2.28. The van der Waals surface area contributed by atoms with Gasteiger partial charge >= 0.3 is 5.97 Å².